The van der Waals surface area contributed by atoms with Crippen LogP contribution in [0.4, 0.5) is 4.79 Å². The van der Waals surface area contributed by atoms with Gasteiger partial charge in [-0.3, -0.25) is 4.79 Å². The molecule has 2 unspecified atom stereocenters. The van der Waals surface area contributed by atoms with Gasteiger partial charge < -0.3 is 29.5 Å². The second kappa shape index (κ2) is 6.66. The number of carboxylic acids is 1. The molecule has 2 fully saturated rings. The highest BCUT2D eigenvalue weighted by Crippen LogP contribution is 2.49. The standard InChI is InChI=1S/C16H22N2O7S/c1-7(19)23-5-8-6-26-13-9(17-15(22)25-16(2,3)4)11-12(24-11)18(13)10(8)14(20)21/h9,11-13H,5-6H2,1-4H3,(H,17,22)(H,20,21)/t9-,11?,12?,13-/m1/s1. The van der Waals surface area contributed by atoms with Crippen LogP contribution < -0.4 is 5.32 Å². The molecule has 144 valence electrons. The lowest BCUT2D eigenvalue weighted by Crippen LogP contribution is -2.51. The first-order valence-electron chi connectivity index (χ1n) is 8.22. The predicted molar refractivity (Wildman–Crippen MR) is 91.2 cm³/mol. The van der Waals surface area contributed by atoms with E-state index in [1.807, 2.05) is 0 Å². The summed E-state index contributed by atoms with van der Waals surface area (Å²) in [6.45, 7) is 6.51. The van der Waals surface area contributed by atoms with Crippen molar-refractivity contribution in [3.05, 3.63) is 11.3 Å². The number of hydrogen-bond donors (Lipinski definition) is 2. The molecule has 0 aromatic carbocycles. The molecule has 3 heterocycles. The first kappa shape index (κ1) is 18.8. The van der Waals surface area contributed by atoms with E-state index in [1.54, 1.807) is 25.7 Å². The van der Waals surface area contributed by atoms with Crippen molar-refractivity contribution < 1.29 is 33.7 Å². The molecule has 0 bridgehead atoms. The number of amides is 1. The number of aliphatic carboxylic acids is 1. The van der Waals surface area contributed by atoms with Crippen LogP contribution in [-0.2, 0) is 23.8 Å². The molecule has 0 spiro atoms. The molecule has 0 saturated carbocycles. The van der Waals surface area contributed by atoms with Crippen LogP contribution in [0.5, 0.6) is 0 Å². The smallest absolute Gasteiger partial charge is 0.408 e. The van der Waals surface area contributed by atoms with Gasteiger partial charge in [-0.1, -0.05) is 0 Å². The Labute approximate surface area is 155 Å². The van der Waals surface area contributed by atoms with Gasteiger partial charge in [0.2, 0.25) is 0 Å². The largest absolute Gasteiger partial charge is 0.477 e. The molecule has 4 atom stereocenters. The van der Waals surface area contributed by atoms with Crippen LogP contribution in [0, 0.1) is 0 Å². The fraction of sp³-hybridized carbons (Fsp3) is 0.688. The number of fused-ring (bicyclic) bond motifs is 3. The zero-order valence-corrected chi connectivity index (χ0v) is 15.8. The first-order valence-corrected chi connectivity index (χ1v) is 9.27. The Bertz CT molecular complexity index is 672. The van der Waals surface area contributed by atoms with Crippen LogP contribution in [0.3, 0.4) is 0 Å². The van der Waals surface area contributed by atoms with Crippen molar-refractivity contribution in [2.75, 3.05) is 12.4 Å². The third kappa shape index (κ3) is 3.75. The van der Waals surface area contributed by atoms with Crippen LogP contribution in [0.1, 0.15) is 27.7 Å². The van der Waals surface area contributed by atoms with E-state index in [0.717, 1.165) is 0 Å². The molecular weight excluding hydrogens is 364 g/mol. The number of thioether (sulfide) groups is 1. The highest BCUT2D eigenvalue weighted by molar-refractivity contribution is 8.00. The molecule has 3 aliphatic heterocycles. The summed E-state index contributed by atoms with van der Waals surface area (Å²) in [4.78, 5) is 36.6. The van der Waals surface area contributed by atoms with E-state index in [4.69, 9.17) is 14.2 Å². The van der Waals surface area contributed by atoms with Crippen molar-refractivity contribution in [1.29, 1.82) is 0 Å². The van der Waals surface area contributed by atoms with E-state index in [-0.39, 0.29) is 29.8 Å². The van der Waals surface area contributed by atoms with Crippen LogP contribution in [-0.4, -0.2) is 69.7 Å². The maximum absolute atomic E-state index is 12.1. The zero-order valence-electron chi connectivity index (χ0n) is 15.0. The molecule has 26 heavy (non-hydrogen) atoms. The van der Waals surface area contributed by atoms with Crippen LogP contribution in [0.25, 0.3) is 0 Å². The lowest BCUT2D eigenvalue weighted by molar-refractivity contribution is -0.140. The minimum atomic E-state index is -1.11. The third-order valence-corrected chi connectivity index (χ3v) is 5.44. The van der Waals surface area contributed by atoms with Crippen molar-refractivity contribution in [3.63, 3.8) is 0 Å². The molecule has 2 N–H and O–H groups in total. The number of rotatable bonds is 4. The lowest BCUT2D eigenvalue weighted by Gasteiger charge is -2.37. The molecular formula is C16H22N2O7S. The van der Waals surface area contributed by atoms with E-state index in [0.29, 0.717) is 11.3 Å². The minimum Gasteiger partial charge on any atom is -0.477 e. The third-order valence-electron chi connectivity index (χ3n) is 4.07. The zero-order chi connectivity index (χ0) is 19.2. The average molecular weight is 386 g/mol. The fourth-order valence-corrected chi connectivity index (χ4v) is 4.52. The Kier molecular flexibility index (Phi) is 4.82. The maximum atomic E-state index is 12.1. The van der Waals surface area contributed by atoms with Gasteiger partial charge in [0, 0.05) is 18.2 Å². The van der Waals surface area contributed by atoms with Crippen molar-refractivity contribution in [1.82, 2.24) is 10.2 Å². The van der Waals surface area contributed by atoms with Crippen molar-refractivity contribution >= 4 is 29.8 Å². The van der Waals surface area contributed by atoms with Gasteiger partial charge in [-0.05, 0) is 20.8 Å². The van der Waals surface area contributed by atoms with Gasteiger partial charge in [0.25, 0.3) is 0 Å². The van der Waals surface area contributed by atoms with Gasteiger partial charge in [0.05, 0.1) is 6.04 Å². The quantitative estimate of drug-likeness (QED) is 0.536. The molecule has 0 aromatic heterocycles. The number of alkyl carbamates (subject to hydrolysis) is 1. The summed E-state index contributed by atoms with van der Waals surface area (Å²) in [5.74, 6) is -1.19. The summed E-state index contributed by atoms with van der Waals surface area (Å²) in [5.41, 5.74) is -0.0352. The number of hydrogen-bond acceptors (Lipinski definition) is 8. The number of ether oxygens (including phenoxy) is 3. The first-order chi connectivity index (χ1) is 12.1. The second-order valence-corrected chi connectivity index (χ2v) is 8.41. The predicted octanol–water partition coefficient (Wildman–Crippen LogP) is 0.895. The van der Waals surface area contributed by atoms with Gasteiger partial charge in [0.15, 0.2) is 6.23 Å². The van der Waals surface area contributed by atoms with Crippen molar-refractivity contribution in [2.24, 2.45) is 0 Å². The van der Waals surface area contributed by atoms with Gasteiger partial charge >= 0.3 is 18.0 Å². The highest BCUT2D eigenvalue weighted by Gasteiger charge is 2.64. The minimum absolute atomic E-state index is 0.0747. The molecule has 0 aromatic rings. The molecule has 0 radical (unpaired) electrons. The molecule has 9 nitrogen and oxygen atoms in total. The summed E-state index contributed by atoms with van der Waals surface area (Å²) >= 11 is 1.48. The highest BCUT2D eigenvalue weighted by atomic mass is 32.2. The van der Waals surface area contributed by atoms with Gasteiger partial charge in [0.1, 0.15) is 29.4 Å². The maximum Gasteiger partial charge on any atom is 0.408 e. The van der Waals surface area contributed by atoms with Gasteiger partial charge in [-0.25, -0.2) is 9.59 Å². The summed E-state index contributed by atoms with van der Waals surface area (Å²) in [6, 6.07) is -0.385. The number of nitrogens with zero attached hydrogens (tertiary/aromatic N) is 1. The molecule has 0 aliphatic carbocycles. The molecule has 2 saturated heterocycles. The van der Waals surface area contributed by atoms with Gasteiger partial charge in [-0.2, -0.15) is 0 Å². The monoisotopic (exact) mass is 386 g/mol. The van der Waals surface area contributed by atoms with E-state index in [9.17, 15) is 19.5 Å². The number of esters is 1. The molecule has 10 heteroatoms. The van der Waals surface area contributed by atoms with Crippen molar-refractivity contribution in [2.45, 2.75) is 57.0 Å². The van der Waals surface area contributed by atoms with E-state index < -0.39 is 29.9 Å². The van der Waals surface area contributed by atoms with E-state index in [2.05, 4.69) is 5.32 Å². The summed E-state index contributed by atoms with van der Waals surface area (Å²) in [6.07, 6.45) is -1.26. The summed E-state index contributed by atoms with van der Waals surface area (Å²) in [5, 5.41) is 12.2. The Balaban J connectivity index is 1.77. The topological polar surface area (TPSA) is 118 Å². The fourth-order valence-electron chi connectivity index (χ4n) is 3.11. The van der Waals surface area contributed by atoms with Crippen molar-refractivity contribution in [3.8, 4) is 0 Å². The molecule has 1 amide bonds. The van der Waals surface area contributed by atoms with E-state index >= 15 is 0 Å². The number of carbonyl (C=O) groups is 3. The Morgan fingerprint density at radius 3 is 2.65 bits per heavy atom. The van der Waals surface area contributed by atoms with Crippen LogP contribution >= 0.6 is 11.8 Å². The second-order valence-electron chi connectivity index (χ2n) is 7.31. The average Bonchev–Trinajstić information content (AvgIpc) is 3.22. The van der Waals surface area contributed by atoms with Crippen LogP contribution in [0.15, 0.2) is 11.3 Å². The Hall–Kier alpha value is -1.94. The van der Waals surface area contributed by atoms with Gasteiger partial charge in [-0.15, -0.1) is 11.8 Å². The number of epoxide rings is 1. The summed E-state index contributed by atoms with van der Waals surface area (Å²) in [7, 11) is 0. The SMILES string of the molecule is CC(=O)OCC1=C(C(=O)O)N2C3OC3[C@@H](NC(=O)OC(C)(C)C)[C@H]2SC1. The number of carboxylic acid groups (broad SMARTS) is 1. The Morgan fingerprint density at radius 2 is 2.08 bits per heavy atom. The summed E-state index contributed by atoms with van der Waals surface area (Å²) < 4.78 is 15.8. The number of nitrogens with one attached hydrogen (secondary N) is 1. The number of carbonyl (C=O) groups excluding carboxylic acids is 2. The Morgan fingerprint density at radius 1 is 1.38 bits per heavy atom. The van der Waals surface area contributed by atoms with E-state index in [1.165, 1.54) is 18.7 Å². The molecule has 3 rings (SSSR count). The normalized spacial score (nSPS) is 29.6. The van der Waals surface area contributed by atoms with Crippen LogP contribution in [0.2, 0.25) is 0 Å². The molecule has 3 aliphatic rings. The lowest BCUT2D eigenvalue weighted by atomic mass is 10.2.